The molecule has 0 radical (unpaired) electrons. The van der Waals surface area contributed by atoms with Gasteiger partial charge in [0.05, 0.1) is 6.04 Å². The Bertz CT molecular complexity index is 1380. The molecule has 0 heterocycles. The molecule has 0 aliphatic heterocycles. The highest BCUT2D eigenvalue weighted by Crippen LogP contribution is 2.44. The second-order valence-corrected chi connectivity index (χ2v) is 17.2. The van der Waals surface area contributed by atoms with Crippen LogP contribution in [0, 0.1) is 11.7 Å². The van der Waals surface area contributed by atoms with Crippen LogP contribution in [0.3, 0.4) is 0 Å². The lowest BCUT2D eigenvalue weighted by atomic mass is 9.69. The molecule has 2 atom stereocenters. The number of aliphatic imine (C=N–C) groups is 1. The number of aromatic hydroxyl groups is 1. The first-order chi connectivity index (χ1) is 20.4. The van der Waals surface area contributed by atoms with Crippen LogP contribution >= 0.6 is 0 Å². The molecule has 3 aromatic rings. The molecule has 0 aromatic heterocycles. The van der Waals surface area contributed by atoms with E-state index in [0.29, 0.717) is 0 Å². The molecular weight excluding hydrogens is 557 g/mol. The molecule has 45 heavy (non-hydrogen) atoms. The van der Waals surface area contributed by atoms with Crippen molar-refractivity contribution in [1.29, 1.82) is 0 Å². The number of halogens is 1. The number of hydrogen-bond acceptors (Lipinski definition) is 3. The molecule has 4 heteroatoms. The highest BCUT2D eigenvalue weighted by molar-refractivity contribution is 5.83. The molecule has 3 aromatic carbocycles. The summed E-state index contributed by atoms with van der Waals surface area (Å²) in [5.74, 6) is -0.569. The predicted molar refractivity (Wildman–Crippen MR) is 190 cm³/mol. The fourth-order valence-electron chi connectivity index (χ4n) is 5.61. The van der Waals surface area contributed by atoms with E-state index in [2.05, 4.69) is 133 Å². The minimum atomic E-state index is -1.54. The summed E-state index contributed by atoms with van der Waals surface area (Å²) in [5.41, 5.74) is 4.22. The fourth-order valence-corrected chi connectivity index (χ4v) is 5.61. The van der Waals surface area contributed by atoms with E-state index in [0.717, 1.165) is 39.8 Å². The molecule has 0 bridgehead atoms. The number of phenolic OH excluding ortho intramolecular Hbond substituents is 1. The number of aliphatic hydroxyl groups is 1. The highest BCUT2D eigenvalue weighted by atomic mass is 19.1. The third kappa shape index (κ3) is 8.25. The lowest BCUT2D eigenvalue weighted by Crippen LogP contribution is -2.44. The number of rotatable bonds is 7. The SMILES string of the molecule is CCC(C)C(N=Cc1cc(F)ccc1O)C(O)(c1cc(C(C)(C)C)cc(C(C)(C)C)c1)c1cc(C(C)(C)C)cc(C(C)(C)C)c1. The largest absolute Gasteiger partial charge is 0.507 e. The molecule has 0 fully saturated rings. The van der Waals surface area contributed by atoms with Gasteiger partial charge in [-0.25, -0.2) is 4.39 Å². The van der Waals surface area contributed by atoms with Crippen LogP contribution in [-0.4, -0.2) is 22.5 Å². The second-order valence-electron chi connectivity index (χ2n) is 17.2. The van der Waals surface area contributed by atoms with E-state index in [1.165, 1.54) is 24.4 Å². The maximum atomic E-state index is 14.3. The average Bonchev–Trinajstić information content (AvgIpc) is 2.92. The summed E-state index contributed by atoms with van der Waals surface area (Å²) in [6, 6.07) is 16.4. The number of benzene rings is 3. The Morgan fingerprint density at radius 1 is 0.644 bits per heavy atom. The van der Waals surface area contributed by atoms with E-state index in [9.17, 15) is 14.6 Å². The quantitative estimate of drug-likeness (QED) is 0.260. The molecule has 2 N–H and O–H groups in total. The Morgan fingerprint density at radius 3 is 1.33 bits per heavy atom. The second kappa shape index (κ2) is 12.7. The minimum absolute atomic E-state index is 0.0545. The molecule has 0 spiro atoms. The van der Waals surface area contributed by atoms with Gasteiger partial charge in [0.15, 0.2) is 0 Å². The highest BCUT2D eigenvalue weighted by Gasteiger charge is 2.44. The Balaban J connectivity index is 2.56. The average molecular weight is 616 g/mol. The molecule has 0 saturated carbocycles. The maximum Gasteiger partial charge on any atom is 0.137 e. The topological polar surface area (TPSA) is 52.8 Å². The molecule has 246 valence electrons. The molecule has 0 aliphatic rings. The van der Waals surface area contributed by atoms with E-state index >= 15 is 0 Å². The van der Waals surface area contributed by atoms with Gasteiger partial charge in [-0.1, -0.05) is 140 Å². The number of phenols is 1. The summed E-state index contributed by atoms with van der Waals surface area (Å²) in [5, 5.41) is 24.2. The van der Waals surface area contributed by atoms with Crippen molar-refractivity contribution < 1.29 is 14.6 Å². The zero-order chi connectivity index (χ0) is 34.3. The first-order valence-corrected chi connectivity index (χ1v) is 16.5. The fraction of sp³-hybridized carbons (Fsp3) is 0.537. The van der Waals surface area contributed by atoms with Gasteiger partial charge in [-0.3, -0.25) is 4.99 Å². The van der Waals surface area contributed by atoms with Crippen molar-refractivity contribution in [3.05, 3.63) is 99.4 Å². The van der Waals surface area contributed by atoms with Crippen molar-refractivity contribution in [2.75, 3.05) is 0 Å². The first-order valence-electron chi connectivity index (χ1n) is 16.5. The predicted octanol–water partition coefficient (Wildman–Crippen LogP) is 10.5. The van der Waals surface area contributed by atoms with Gasteiger partial charge in [0, 0.05) is 11.8 Å². The van der Waals surface area contributed by atoms with Crippen LogP contribution in [0.5, 0.6) is 5.75 Å². The van der Waals surface area contributed by atoms with Gasteiger partial charge in [-0.15, -0.1) is 0 Å². The van der Waals surface area contributed by atoms with Gasteiger partial charge < -0.3 is 10.2 Å². The zero-order valence-corrected chi connectivity index (χ0v) is 30.4. The van der Waals surface area contributed by atoms with Crippen LogP contribution in [0.2, 0.25) is 0 Å². The van der Waals surface area contributed by atoms with Crippen LogP contribution in [0.1, 0.15) is 142 Å². The zero-order valence-electron chi connectivity index (χ0n) is 30.4. The van der Waals surface area contributed by atoms with Crippen molar-refractivity contribution in [3.63, 3.8) is 0 Å². The van der Waals surface area contributed by atoms with Gasteiger partial charge >= 0.3 is 0 Å². The van der Waals surface area contributed by atoms with Crippen LogP contribution in [0.15, 0.2) is 59.6 Å². The monoisotopic (exact) mass is 615 g/mol. The van der Waals surface area contributed by atoms with Gasteiger partial charge in [0.1, 0.15) is 17.2 Å². The van der Waals surface area contributed by atoms with Crippen LogP contribution < -0.4 is 0 Å². The Morgan fingerprint density at radius 2 is 1.00 bits per heavy atom. The van der Waals surface area contributed by atoms with Crippen molar-refractivity contribution in [2.45, 2.75) is 137 Å². The Hall–Kier alpha value is -2.98. The Kier molecular flexibility index (Phi) is 10.3. The van der Waals surface area contributed by atoms with E-state index in [1.807, 2.05) is 0 Å². The molecule has 0 amide bonds. The van der Waals surface area contributed by atoms with E-state index in [1.54, 1.807) is 0 Å². The van der Waals surface area contributed by atoms with Gasteiger partial charge in [0.2, 0.25) is 0 Å². The molecule has 2 unspecified atom stereocenters. The number of nitrogens with zero attached hydrogens (tertiary/aromatic N) is 1. The summed E-state index contributed by atoms with van der Waals surface area (Å²) < 4.78 is 14.3. The third-order valence-corrected chi connectivity index (χ3v) is 9.19. The van der Waals surface area contributed by atoms with E-state index in [-0.39, 0.29) is 38.9 Å². The molecule has 0 aliphatic carbocycles. The summed E-state index contributed by atoms with van der Waals surface area (Å²) >= 11 is 0. The summed E-state index contributed by atoms with van der Waals surface area (Å²) in [4.78, 5) is 5.06. The molecule has 3 nitrogen and oxygen atoms in total. The van der Waals surface area contributed by atoms with Crippen molar-refractivity contribution >= 4 is 6.21 Å². The summed E-state index contributed by atoms with van der Waals surface area (Å²) in [6.07, 6.45) is 2.28. The van der Waals surface area contributed by atoms with Crippen LogP contribution in [-0.2, 0) is 27.3 Å². The first kappa shape index (κ1) is 36.5. The number of hydrogen-bond donors (Lipinski definition) is 2. The van der Waals surface area contributed by atoms with Gasteiger partial charge in [-0.2, -0.15) is 0 Å². The van der Waals surface area contributed by atoms with Crippen molar-refractivity contribution in [1.82, 2.24) is 0 Å². The third-order valence-electron chi connectivity index (χ3n) is 9.19. The van der Waals surface area contributed by atoms with Crippen LogP contribution in [0.4, 0.5) is 4.39 Å². The molecule has 3 rings (SSSR count). The van der Waals surface area contributed by atoms with Gasteiger partial charge in [0.25, 0.3) is 0 Å². The lowest BCUT2D eigenvalue weighted by molar-refractivity contribution is 0.0325. The lowest BCUT2D eigenvalue weighted by Gasteiger charge is -2.41. The molecular formula is C41H58FNO2. The minimum Gasteiger partial charge on any atom is -0.507 e. The maximum absolute atomic E-state index is 14.3. The van der Waals surface area contributed by atoms with E-state index in [4.69, 9.17) is 4.99 Å². The van der Waals surface area contributed by atoms with Gasteiger partial charge in [-0.05, 0) is 79.2 Å². The molecule has 0 saturated heterocycles. The van der Waals surface area contributed by atoms with Crippen LogP contribution in [0.25, 0.3) is 0 Å². The smallest absolute Gasteiger partial charge is 0.137 e. The van der Waals surface area contributed by atoms with Crippen molar-refractivity contribution in [3.8, 4) is 5.75 Å². The standard InChI is InChI=1S/C41H58FNO2/c1-15-26(2)36(43-25-27-18-34(42)16-17-35(27)44)41(45,32-21-28(37(3,4)5)19-29(22-32)38(6,7)8)33-23-30(39(9,10)11)20-31(24-33)40(12,13)14/h16-26,36,44-45H,15H2,1-14H3. The van der Waals surface area contributed by atoms with E-state index < -0.39 is 17.5 Å². The van der Waals surface area contributed by atoms with Crippen molar-refractivity contribution in [2.24, 2.45) is 10.9 Å². The normalized spacial score (nSPS) is 15.0. The Labute approximate surface area is 273 Å². The summed E-state index contributed by atoms with van der Waals surface area (Å²) in [6.45, 7) is 30.6. The summed E-state index contributed by atoms with van der Waals surface area (Å²) in [7, 11) is 0.